The van der Waals surface area contributed by atoms with E-state index in [1.165, 1.54) is 18.8 Å². The van der Waals surface area contributed by atoms with Crippen LogP contribution in [-0.2, 0) is 6.54 Å². The quantitative estimate of drug-likeness (QED) is 0.636. The van der Waals surface area contributed by atoms with Crippen molar-refractivity contribution in [3.63, 3.8) is 0 Å². The third-order valence-corrected chi connectivity index (χ3v) is 4.56. The molecule has 0 atom stereocenters. The van der Waals surface area contributed by atoms with Crippen molar-refractivity contribution in [2.75, 3.05) is 7.05 Å². The minimum Gasteiger partial charge on any atom is -0.347 e. The van der Waals surface area contributed by atoms with Crippen molar-refractivity contribution in [3.05, 3.63) is 83.6 Å². The smallest absolute Gasteiger partial charge is 0.270 e. The van der Waals surface area contributed by atoms with Gasteiger partial charge in [0, 0.05) is 24.5 Å². The lowest BCUT2D eigenvalue weighted by molar-refractivity contribution is 0.0944. The molecule has 0 unspecified atom stereocenters. The summed E-state index contributed by atoms with van der Waals surface area (Å²) in [6.07, 6.45) is 16.6. The average molecular weight is 404 g/mol. The fourth-order valence-electron chi connectivity index (χ4n) is 3.04. The minimum absolute atomic E-state index is 0.267. The Labute approximate surface area is 174 Å². The summed E-state index contributed by atoms with van der Waals surface area (Å²) in [5, 5.41) is 7.26. The van der Waals surface area contributed by atoms with E-state index < -0.39 is 0 Å². The summed E-state index contributed by atoms with van der Waals surface area (Å²) in [6, 6.07) is 3.38. The van der Waals surface area contributed by atoms with E-state index in [1.807, 2.05) is 18.3 Å². The summed E-state index contributed by atoms with van der Waals surface area (Å²) in [4.78, 5) is 27.9. The Morgan fingerprint density at radius 2 is 2.17 bits per heavy atom. The number of amides is 1. The summed E-state index contributed by atoms with van der Waals surface area (Å²) in [5.41, 5.74) is 8.95. The molecule has 0 bridgehead atoms. The molecule has 0 fully saturated rings. The monoisotopic (exact) mass is 404 g/mol. The van der Waals surface area contributed by atoms with Gasteiger partial charge in [0.2, 0.25) is 0 Å². The van der Waals surface area contributed by atoms with E-state index in [0.29, 0.717) is 23.4 Å². The molecule has 0 saturated heterocycles. The molecular weight excluding hydrogens is 380 g/mol. The van der Waals surface area contributed by atoms with Gasteiger partial charge in [-0.25, -0.2) is 9.67 Å². The lowest BCUT2D eigenvalue weighted by Gasteiger charge is -2.04. The molecule has 3 heterocycles. The Hall–Kier alpha value is -3.78. The Morgan fingerprint density at radius 1 is 1.33 bits per heavy atom. The van der Waals surface area contributed by atoms with Crippen molar-refractivity contribution in [1.82, 2.24) is 24.5 Å². The first-order valence-electron chi connectivity index (χ1n) is 9.51. The number of allylic oxidation sites excluding steroid dienone is 6. The zero-order chi connectivity index (χ0) is 21.5. The number of rotatable bonds is 5. The maximum atomic E-state index is 12.6. The maximum absolute atomic E-state index is 12.6. The van der Waals surface area contributed by atoms with Crippen molar-refractivity contribution in [2.45, 2.75) is 19.9 Å². The number of aldehydes is 1. The second-order valence-corrected chi connectivity index (χ2v) is 6.60. The highest BCUT2D eigenvalue weighted by Crippen LogP contribution is 2.15. The Morgan fingerprint density at radius 3 is 2.97 bits per heavy atom. The molecule has 1 aliphatic rings. The Bertz CT molecular complexity index is 1150. The van der Waals surface area contributed by atoms with Gasteiger partial charge in [-0.15, -0.1) is 0 Å². The topological polar surface area (TPSA) is 107 Å². The minimum atomic E-state index is -0.267. The number of hydrogen-bond donors (Lipinski definition) is 2. The molecule has 3 N–H and O–H groups in total. The molecule has 0 aromatic carbocycles. The number of nitrogens with zero attached hydrogens (tertiary/aromatic N) is 4. The Kier molecular flexibility index (Phi) is 6.71. The summed E-state index contributed by atoms with van der Waals surface area (Å²) in [5.74, 6) is -0.267. The molecular formula is C22H24N6O2. The van der Waals surface area contributed by atoms with Crippen LogP contribution in [0, 0.1) is 0 Å². The third kappa shape index (κ3) is 4.44. The van der Waals surface area contributed by atoms with Gasteiger partial charge in [-0.05, 0) is 38.6 Å². The molecule has 0 saturated carbocycles. The predicted octanol–water partition coefficient (Wildman–Crippen LogP) is 2.60. The van der Waals surface area contributed by atoms with E-state index in [0.717, 1.165) is 24.0 Å². The normalized spacial score (nSPS) is 13.0. The van der Waals surface area contributed by atoms with Crippen LogP contribution in [0.25, 0.3) is 11.3 Å². The van der Waals surface area contributed by atoms with Crippen molar-refractivity contribution in [3.8, 4) is 0 Å². The van der Waals surface area contributed by atoms with Gasteiger partial charge in [0.05, 0.1) is 23.7 Å². The number of hydrogen-bond acceptors (Lipinski definition) is 5. The van der Waals surface area contributed by atoms with Crippen LogP contribution in [-0.4, -0.2) is 38.4 Å². The van der Waals surface area contributed by atoms with Gasteiger partial charge in [0.15, 0.2) is 6.29 Å². The van der Waals surface area contributed by atoms with E-state index in [2.05, 4.69) is 40.2 Å². The molecule has 0 spiro atoms. The van der Waals surface area contributed by atoms with Crippen LogP contribution in [0.5, 0.6) is 0 Å². The first-order chi connectivity index (χ1) is 14.7. The molecule has 154 valence electrons. The van der Waals surface area contributed by atoms with E-state index in [9.17, 15) is 9.59 Å². The average Bonchev–Trinajstić information content (AvgIpc) is 3.37. The summed E-state index contributed by atoms with van der Waals surface area (Å²) in [6.45, 7) is 2.43. The molecule has 0 radical (unpaired) electrons. The number of nitrogens with two attached hydrogens (primary N) is 1. The van der Waals surface area contributed by atoms with Crippen LogP contribution in [0.2, 0.25) is 0 Å². The van der Waals surface area contributed by atoms with Crippen LogP contribution < -0.4 is 11.1 Å². The SMILES string of the molecule is CC1=CC=CC(n2cc(CNC(=O)c3cnc4c(C=O)cccn34)cn2)=CC1.CN. The van der Waals surface area contributed by atoms with Gasteiger partial charge in [0.25, 0.3) is 5.91 Å². The highest BCUT2D eigenvalue weighted by atomic mass is 16.2. The van der Waals surface area contributed by atoms with E-state index in [1.54, 1.807) is 33.6 Å². The summed E-state index contributed by atoms with van der Waals surface area (Å²) >= 11 is 0. The highest BCUT2D eigenvalue weighted by molar-refractivity contribution is 5.94. The zero-order valence-electron chi connectivity index (χ0n) is 16.9. The molecule has 8 nitrogen and oxygen atoms in total. The first kappa shape index (κ1) is 20.9. The van der Waals surface area contributed by atoms with Crippen molar-refractivity contribution >= 4 is 23.5 Å². The van der Waals surface area contributed by atoms with Crippen LogP contribution in [0.1, 0.15) is 39.8 Å². The lowest BCUT2D eigenvalue weighted by atomic mass is 10.2. The lowest BCUT2D eigenvalue weighted by Crippen LogP contribution is -2.24. The second kappa shape index (κ2) is 9.62. The van der Waals surface area contributed by atoms with Gasteiger partial charge < -0.3 is 11.1 Å². The number of carbonyl (C=O) groups excluding carboxylic acids is 2. The summed E-state index contributed by atoms with van der Waals surface area (Å²) < 4.78 is 3.41. The molecule has 8 heteroatoms. The fourth-order valence-corrected chi connectivity index (χ4v) is 3.04. The van der Waals surface area contributed by atoms with Crippen LogP contribution >= 0.6 is 0 Å². The molecule has 30 heavy (non-hydrogen) atoms. The van der Waals surface area contributed by atoms with Crippen LogP contribution in [0.15, 0.2) is 66.8 Å². The highest BCUT2D eigenvalue weighted by Gasteiger charge is 2.14. The molecule has 0 aliphatic heterocycles. The van der Waals surface area contributed by atoms with Gasteiger partial charge >= 0.3 is 0 Å². The number of fused-ring (bicyclic) bond motifs is 1. The fraction of sp³-hybridized carbons (Fsp3) is 0.182. The van der Waals surface area contributed by atoms with E-state index >= 15 is 0 Å². The molecule has 4 rings (SSSR count). The van der Waals surface area contributed by atoms with Gasteiger partial charge in [-0.2, -0.15) is 5.10 Å². The molecule has 3 aromatic heterocycles. The number of nitrogens with one attached hydrogen (secondary N) is 1. The largest absolute Gasteiger partial charge is 0.347 e. The summed E-state index contributed by atoms with van der Waals surface area (Å²) in [7, 11) is 1.50. The van der Waals surface area contributed by atoms with Gasteiger partial charge in [-0.1, -0.05) is 23.8 Å². The standard InChI is InChI=1S/C21H19N5O2.CH5N/c1-15-4-2-6-18(8-7-15)26-13-16(11-24-26)10-23-21(28)19-12-22-20-17(14-27)5-3-9-25(19)20;1-2/h2-6,8-9,11-14H,7,10H2,1H3,(H,23,28);2H2,1H3. The van der Waals surface area contributed by atoms with Crippen molar-refractivity contribution < 1.29 is 9.59 Å². The maximum Gasteiger partial charge on any atom is 0.270 e. The molecule has 1 aliphatic carbocycles. The number of carbonyl (C=O) groups is 2. The van der Waals surface area contributed by atoms with Crippen molar-refractivity contribution in [2.24, 2.45) is 5.73 Å². The van der Waals surface area contributed by atoms with Gasteiger partial charge in [0.1, 0.15) is 11.3 Å². The Balaban J connectivity index is 0.00000124. The number of imidazole rings is 1. The molecule has 1 amide bonds. The van der Waals surface area contributed by atoms with Crippen LogP contribution in [0.4, 0.5) is 0 Å². The first-order valence-corrected chi connectivity index (χ1v) is 9.51. The van der Waals surface area contributed by atoms with Gasteiger partial charge in [-0.3, -0.25) is 14.0 Å². The second-order valence-electron chi connectivity index (χ2n) is 6.60. The number of aromatic nitrogens is 4. The van der Waals surface area contributed by atoms with E-state index in [4.69, 9.17) is 0 Å². The third-order valence-electron chi connectivity index (χ3n) is 4.56. The molecule has 3 aromatic rings. The van der Waals surface area contributed by atoms with Crippen LogP contribution in [0.3, 0.4) is 0 Å². The van der Waals surface area contributed by atoms with Crippen molar-refractivity contribution in [1.29, 1.82) is 0 Å². The zero-order valence-corrected chi connectivity index (χ0v) is 16.9. The number of pyridine rings is 1. The van der Waals surface area contributed by atoms with E-state index in [-0.39, 0.29) is 5.91 Å². The predicted molar refractivity (Wildman–Crippen MR) is 116 cm³/mol.